The quantitative estimate of drug-likeness (QED) is 0.855. The minimum atomic E-state index is 0.281. The van der Waals surface area contributed by atoms with Crippen LogP contribution in [-0.2, 0) is 0 Å². The smallest absolute Gasteiger partial charge is 0.316 e. The van der Waals surface area contributed by atoms with Crippen molar-refractivity contribution >= 4 is 5.69 Å². The fourth-order valence-electron chi connectivity index (χ4n) is 2.93. The minimum Gasteiger partial charge on any atom is -0.464 e. The second-order valence-corrected chi connectivity index (χ2v) is 5.75. The lowest BCUT2D eigenvalue weighted by molar-refractivity contribution is 0.312. The zero-order valence-electron chi connectivity index (χ0n) is 14.1. The minimum absolute atomic E-state index is 0.281. The van der Waals surface area contributed by atoms with E-state index in [0.29, 0.717) is 18.7 Å². The van der Waals surface area contributed by atoms with Crippen LogP contribution in [0.1, 0.15) is 27.2 Å². The molecule has 0 amide bonds. The Morgan fingerprint density at radius 3 is 2.43 bits per heavy atom. The Balaban J connectivity index is 1.83. The number of nitrogens with zero attached hydrogens (tertiary/aromatic N) is 4. The summed E-state index contributed by atoms with van der Waals surface area (Å²) >= 11 is 0. The Kier molecular flexibility index (Phi) is 4.49. The molecule has 0 radical (unpaired) electrons. The molecule has 0 saturated heterocycles. The highest BCUT2D eigenvalue weighted by Gasteiger charge is 2.31. The van der Waals surface area contributed by atoms with Gasteiger partial charge in [0.1, 0.15) is 0 Å². The third kappa shape index (κ3) is 3.16. The summed E-state index contributed by atoms with van der Waals surface area (Å²) in [5.41, 5.74) is 10.4. The van der Waals surface area contributed by atoms with Crippen molar-refractivity contribution in [2.24, 2.45) is 0 Å². The molecule has 7 nitrogen and oxygen atoms in total. The summed E-state index contributed by atoms with van der Waals surface area (Å²) in [6.07, 6.45) is 8.84. The van der Waals surface area contributed by atoms with Gasteiger partial charge in [0.25, 0.3) is 0 Å². The molecule has 3 rings (SSSR count). The van der Waals surface area contributed by atoms with Crippen LogP contribution in [0.5, 0.6) is 6.01 Å². The van der Waals surface area contributed by atoms with Crippen molar-refractivity contribution in [2.45, 2.75) is 39.3 Å². The van der Waals surface area contributed by atoms with Crippen molar-refractivity contribution in [1.82, 2.24) is 25.8 Å². The van der Waals surface area contributed by atoms with Gasteiger partial charge >= 0.3 is 6.01 Å². The van der Waals surface area contributed by atoms with Gasteiger partial charge in [-0.25, -0.2) is 20.8 Å². The summed E-state index contributed by atoms with van der Waals surface area (Å²) in [7, 11) is 2.02. The van der Waals surface area contributed by atoms with Gasteiger partial charge in [0.05, 0.1) is 36.8 Å². The van der Waals surface area contributed by atoms with E-state index in [-0.39, 0.29) is 6.04 Å². The van der Waals surface area contributed by atoms with E-state index in [1.165, 1.54) is 11.1 Å². The van der Waals surface area contributed by atoms with Crippen LogP contribution in [0.15, 0.2) is 35.9 Å². The van der Waals surface area contributed by atoms with E-state index in [4.69, 9.17) is 4.74 Å². The normalized spacial score (nSPS) is 24.0. The van der Waals surface area contributed by atoms with Crippen LogP contribution in [0.3, 0.4) is 0 Å². The molecule has 0 aliphatic carbocycles. The molecule has 0 spiro atoms. The van der Waals surface area contributed by atoms with Crippen LogP contribution in [-0.4, -0.2) is 40.7 Å². The molecule has 124 valence electrons. The number of rotatable bonds is 5. The van der Waals surface area contributed by atoms with Crippen LogP contribution < -0.4 is 20.6 Å². The molecule has 0 aromatic carbocycles. The monoisotopic (exact) mass is 316 g/mol. The van der Waals surface area contributed by atoms with E-state index in [1.807, 2.05) is 24.0 Å². The first-order valence-corrected chi connectivity index (χ1v) is 8.05. The van der Waals surface area contributed by atoms with Gasteiger partial charge in [0.15, 0.2) is 0 Å². The standard InChI is InChI=1S/C16H24N6O/c1-5-15-14(13-9-21(4)19-11(13)3)10-22(20-15)12-7-17-16(18-8-12)23-6-2/h7-11,15,19-20H,5-6H2,1-4H3. The lowest BCUT2D eigenvalue weighted by atomic mass is 9.96. The summed E-state index contributed by atoms with van der Waals surface area (Å²) < 4.78 is 5.29. The van der Waals surface area contributed by atoms with Gasteiger partial charge < -0.3 is 9.75 Å². The Labute approximate surface area is 137 Å². The Bertz CT molecular complexity index is 612. The van der Waals surface area contributed by atoms with Crippen molar-refractivity contribution in [3.8, 4) is 6.01 Å². The fourth-order valence-corrected chi connectivity index (χ4v) is 2.93. The molecule has 2 atom stereocenters. The summed E-state index contributed by atoms with van der Waals surface area (Å²) in [6, 6.07) is 0.992. The average Bonchev–Trinajstić information content (AvgIpc) is 3.11. The molecule has 2 N–H and O–H groups in total. The van der Waals surface area contributed by atoms with E-state index in [2.05, 4.69) is 47.1 Å². The van der Waals surface area contributed by atoms with Gasteiger partial charge in [-0.2, -0.15) is 0 Å². The number of hydrazine groups is 2. The first-order valence-electron chi connectivity index (χ1n) is 8.05. The van der Waals surface area contributed by atoms with Crippen LogP contribution in [0, 0.1) is 0 Å². The van der Waals surface area contributed by atoms with E-state index in [9.17, 15) is 0 Å². The maximum atomic E-state index is 5.29. The topological polar surface area (TPSA) is 65.6 Å². The van der Waals surface area contributed by atoms with Gasteiger partial charge in [-0.3, -0.25) is 5.01 Å². The maximum Gasteiger partial charge on any atom is 0.316 e. The number of hydrogen-bond donors (Lipinski definition) is 2. The highest BCUT2D eigenvalue weighted by atomic mass is 16.5. The van der Waals surface area contributed by atoms with Crippen LogP contribution in [0.4, 0.5) is 5.69 Å². The molecule has 1 aromatic heterocycles. The number of anilines is 1. The number of hydrogen-bond acceptors (Lipinski definition) is 7. The lowest BCUT2D eigenvalue weighted by Gasteiger charge is -2.19. The summed E-state index contributed by atoms with van der Waals surface area (Å²) in [4.78, 5) is 8.47. The third-order valence-corrected chi connectivity index (χ3v) is 4.04. The van der Waals surface area contributed by atoms with Crippen molar-refractivity contribution < 1.29 is 4.74 Å². The van der Waals surface area contributed by atoms with E-state index >= 15 is 0 Å². The zero-order chi connectivity index (χ0) is 16.4. The maximum absolute atomic E-state index is 5.29. The van der Waals surface area contributed by atoms with Crippen LogP contribution >= 0.6 is 0 Å². The first-order chi connectivity index (χ1) is 11.1. The molecular formula is C16H24N6O. The van der Waals surface area contributed by atoms with Gasteiger partial charge in [-0.05, 0) is 31.4 Å². The van der Waals surface area contributed by atoms with Gasteiger partial charge in [-0.1, -0.05) is 6.92 Å². The molecule has 2 aliphatic rings. The van der Waals surface area contributed by atoms with Crippen LogP contribution in [0.2, 0.25) is 0 Å². The average molecular weight is 316 g/mol. The second-order valence-electron chi connectivity index (χ2n) is 5.75. The largest absolute Gasteiger partial charge is 0.464 e. The molecule has 2 aliphatic heterocycles. The Morgan fingerprint density at radius 1 is 1.13 bits per heavy atom. The molecule has 1 aromatic rings. The molecule has 2 unspecified atom stereocenters. The molecule has 0 saturated carbocycles. The van der Waals surface area contributed by atoms with Gasteiger partial charge in [0, 0.05) is 19.4 Å². The lowest BCUT2D eigenvalue weighted by Crippen LogP contribution is -2.37. The zero-order valence-corrected chi connectivity index (χ0v) is 14.1. The fraction of sp³-hybridized carbons (Fsp3) is 0.500. The highest BCUT2D eigenvalue weighted by Crippen LogP contribution is 2.30. The van der Waals surface area contributed by atoms with Crippen molar-refractivity contribution in [3.05, 3.63) is 35.9 Å². The van der Waals surface area contributed by atoms with Gasteiger partial charge in [-0.15, -0.1) is 0 Å². The molecule has 0 bridgehead atoms. The predicted octanol–water partition coefficient (Wildman–Crippen LogP) is 1.58. The Morgan fingerprint density at radius 2 is 1.87 bits per heavy atom. The highest BCUT2D eigenvalue weighted by molar-refractivity contribution is 5.53. The number of aromatic nitrogens is 2. The Hall–Kier alpha value is -2.12. The predicted molar refractivity (Wildman–Crippen MR) is 89.4 cm³/mol. The summed E-state index contributed by atoms with van der Waals surface area (Å²) in [5, 5.41) is 4.00. The first kappa shape index (κ1) is 15.8. The van der Waals surface area contributed by atoms with Crippen LogP contribution in [0.25, 0.3) is 0 Å². The number of nitrogens with one attached hydrogen (secondary N) is 2. The molecule has 23 heavy (non-hydrogen) atoms. The molecule has 0 fully saturated rings. The van der Waals surface area contributed by atoms with E-state index < -0.39 is 0 Å². The number of ether oxygens (including phenoxy) is 1. The summed E-state index contributed by atoms with van der Waals surface area (Å²) in [6.45, 7) is 6.84. The van der Waals surface area contributed by atoms with E-state index in [1.54, 1.807) is 12.4 Å². The van der Waals surface area contributed by atoms with Crippen molar-refractivity contribution in [2.75, 3.05) is 18.7 Å². The van der Waals surface area contributed by atoms with Crippen molar-refractivity contribution in [3.63, 3.8) is 0 Å². The van der Waals surface area contributed by atoms with Gasteiger partial charge in [0.2, 0.25) is 0 Å². The summed E-state index contributed by atoms with van der Waals surface area (Å²) in [5.74, 6) is 0. The van der Waals surface area contributed by atoms with Crippen molar-refractivity contribution in [1.29, 1.82) is 0 Å². The molecule has 7 heteroatoms. The third-order valence-electron chi connectivity index (χ3n) is 4.04. The molecular weight excluding hydrogens is 292 g/mol. The molecule has 3 heterocycles. The SMILES string of the molecule is CCOc1ncc(N2C=C(C3=CN(C)NC3C)C(CC)N2)cn1. The second kappa shape index (κ2) is 6.55. The van der Waals surface area contributed by atoms with E-state index in [0.717, 1.165) is 12.1 Å².